The van der Waals surface area contributed by atoms with E-state index in [-0.39, 0.29) is 18.1 Å². The van der Waals surface area contributed by atoms with Gasteiger partial charge in [0.2, 0.25) is 5.89 Å². The second-order valence-corrected chi connectivity index (χ2v) is 5.59. The van der Waals surface area contributed by atoms with Crippen LogP contribution in [0.1, 0.15) is 21.9 Å². The van der Waals surface area contributed by atoms with Gasteiger partial charge in [-0.15, -0.1) is 0 Å². The van der Waals surface area contributed by atoms with Crippen LogP contribution in [0.2, 0.25) is 0 Å². The van der Waals surface area contributed by atoms with Gasteiger partial charge in [0, 0.05) is 6.20 Å². The number of nitrogens with zero attached hydrogens (tertiary/aromatic N) is 5. The normalized spacial score (nSPS) is 11.0. The number of nitrogens with one attached hydrogen (secondary N) is 1. The lowest BCUT2D eigenvalue weighted by Crippen LogP contribution is -2.26. The number of hydrogen-bond donors (Lipinski definition) is 2. The summed E-state index contributed by atoms with van der Waals surface area (Å²) in [5, 5.41) is 2.79. The average Bonchev–Trinajstić information content (AvgIpc) is 3.31. The number of aryl methyl sites for hydroxylation is 1. The third-order valence-electron chi connectivity index (χ3n) is 3.87. The molecule has 3 N–H and O–H groups in total. The molecule has 4 heterocycles. The molecule has 1 amide bonds. The third-order valence-corrected chi connectivity index (χ3v) is 3.87. The van der Waals surface area contributed by atoms with E-state index in [4.69, 9.17) is 10.2 Å². The van der Waals surface area contributed by atoms with Gasteiger partial charge in [0.1, 0.15) is 17.6 Å². The molecular formula is C17H15N7O2. The lowest BCUT2D eigenvalue weighted by Gasteiger charge is -2.09. The zero-order valence-electron chi connectivity index (χ0n) is 13.9. The molecule has 0 aliphatic heterocycles. The van der Waals surface area contributed by atoms with Crippen LogP contribution < -0.4 is 11.1 Å². The minimum absolute atomic E-state index is 0.0134. The number of rotatable bonds is 4. The highest BCUT2D eigenvalue weighted by molar-refractivity contribution is 5.96. The van der Waals surface area contributed by atoms with Crippen molar-refractivity contribution in [2.75, 3.05) is 5.73 Å². The molecule has 0 atom stereocenters. The number of imidazole rings is 1. The number of hydrogen-bond acceptors (Lipinski definition) is 7. The maximum absolute atomic E-state index is 12.5. The number of nitrogen functional groups attached to an aromatic ring is 1. The first kappa shape index (κ1) is 15.8. The SMILES string of the molecule is Cc1nc(C(=O)NCc2cnc3ccccn23)c(N)nc1-c1ncco1. The topological polar surface area (TPSA) is 124 Å². The minimum Gasteiger partial charge on any atom is -0.443 e. The molecule has 0 aliphatic carbocycles. The van der Waals surface area contributed by atoms with E-state index in [1.807, 2.05) is 28.8 Å². The standard InChI is InChI=1S/C17H15N7O2/c1-10-13(17-19-5-7-26-17)23-15(18)14(22-10)16(25)21-9-11-8-20-12-4-2-3-6-24(11)12/h2-8H,9H2,1H3,(H2,18,23)(H,21,25). The number of carbonyl (C=O) groups excluding carboxylic acids is 1. The molecule has 0 aliphatic rings. The lowest BCUT2D eigenvalue weighted by atomic mass is 10.2. The summed E-state index contributed by atoms with van der Waals surface area (Å²) in [6.07, 6.45) is 6.53. The molecule has 4 aromatic rings. The number of oxazole rings is 1. The van der Waals surface area contributed by atoms with Gasteiger partial charge < -0.3 is 19.9 Å². The highest BCUT2D eigenvalue weighted by atomic mass is 16.3. The van der Waals surface area contributed by atoms with E-state index in [1.165, 1.54) is 12.5 Å². The fraction of sp³-hybridized carbons (Fsp3) is 0.118. The van der Waals surface area contributed by atoms with E-state index >= 15 is 0 Å². The first-order chi connectivity index (χ1) is 12.6. The number of nitrogens with two attached hydrogens (primary N) is 1. The first-order valence-electron chi connectivity index (χ1n) is 7.86. The summed E-state index contributed by atoms with van der Waals surface area (Å²) in [5.74, 6) is -0.0956. The number of aromatic nitrogens is 5. The molecule has 0 unspecified atom stereocenters. The number of pyridine rings is 1. The molecule has 130 valence electrons. The number of fused-ring (bicyclic) bond motifs is 1. The molecule has 9 nitrogen and oxygen atoms in total. The Hall–Kier alpha value is -3.75. The van der Waals surface area contributed by atoms with Gasteiger partial charge in [0.25, 0.3) is 5.91 Å². The van der Waals surface area contributed by atoms with Crippen LogP contribution in [-0.4, -0.2) is 30.2 Å². The van der Waals surface area contributed by atoms with Crippen molar-refractivity contribution in [3.63, 3.8) is 0 Å². The van der Waals surface area contributed by atoms with E-state index in [2.05, 4.69) is 25.3 Å². The molecule has 0 radical (unpaired) electrons. The van der Waals surface area contributed by atoms with Crippen LogP contribution in [0.3, 0.4) is 0 Å². The summed E-state index contributed by atoms with van der Waals surface area (Å²) < 4.78 is 7.11. The van der Waals surface area contributed by atoms with Crippen molar-refractivity contribution >= 4 is 17.4 Å². The number of amides is 1. The van der Waals surface area contributed by atoms with Crippen LogP contribution >= 0.6 is 0 Å². The predicted octanol–water partition coefficient (Wildman–Crippen LogP) is 1.60. The molecule has 9 heteroatoms. The maximum Gasteiger partial charge on any atom is 0.274 e. The van der Waals surface area contributed by atoms with Gasteiger partial charge in [-0.05, 0) is 19.1 Å². The van der Waals surface area contributed by atoms with Crippen molar-refractivity contribution in [2.45, 2.75) is 13.5 Å². The highest BCUT2D eigenvalue weighted by Crippen LogP contribution is 2.20. The van der Waals surface area contributed by atoms with Gasteiger partial charge in [-0.25, -0.2) is 19.9 Å². The van der Waals surface area contributed by atoms with Crippen LogP contribution in [0.4, 0.5) is 5.82 Å². The molecule has 4 aromatic heterocycles. The lowest BCUT2D eigenvalue weighted by molar-refractivity contribution is 0.0946. The molecule has 0 fully saturated rings. The van der Waals surface area contributed by atoms with Crippen molar-refractivity contribution in [3.8, 4) is 11.6 Å². The molecule has 0 aromatic carbocycles. The second-order valence-electron chi connectivity index (χ2n) is 5.59. The Labute approximate surface area is 147 Å². The first-order valence-corrected chi connectivity index (χ1v) is 7.86. The average molecular weight is 349 g/mol. The molecule has 0 saturated heterocycles. The summed E-state index contributed by atoms with van der Waals surface area (Å²) in [4.78, 5) is 29.3. The van der Waals surface area contributed by atoms with Crippen LogP contribution in [-0.2, 0) is 6.54 Å². The number of anilines is 1. The van der Waals surface area contributed by atoms with E-state index in [0.29, 0.717) is 17.3 Å². The van der Waals surface area contributed by atoms with E-state index < -0.39 is 5.91 Å². The molecule has 0 saturated carbocycles. The number of carbonyl (C=O) groups is 1. The van der Waals surface area contributed by atoms with Gasteiger partial charge >= 0.3 is 0 Å². The fourth-order valence-corrected chi connectivity index (χ4v) is 2.61. The van der Waals surface area contributed by atoms with Crippen molar-refractivity contribution in [3.05, 3.63) is 60.1 Å². The van der Waals surface area contributed by atoms with Crippen molar-refractivity contribution in [2.24, 2.45) is 0 Å². The zero-order chi connectivity index (χ0) is 18.1. The molecule has 0 spiro atoms. The van der Waals surface area contributed by atoms with Gasteiger partial charge in [0.05, 0.1) is 30.3 Å². The third kappa shape index (κ3) is 2.75. The van der Waals surface area contributed by atoms with Crippen molar-refractivity contribution in [1.82, 2.24) is 29.7 Å². The smallest absolute Gasteiger partial charge is 0.274 e. The minimum atomic E-state index is -0.414. The molecule has 0 bridgehead atoms. The van der Waals surface area contributed by atoms with Crippen LogP contribution in [0.25, 0.3) is 17.2 Å². The maximum atomic E-state index is 12.5. The Bertz CT molecular complexity index is 1090. The van der Waals surface area contributed by atoms with Crippen LogP contribution in [0, 0.1) is 6.92 Å². The Balaban J connectivity index is 1.56. The Morgan fingerprint density at radius 2 is 2.19 bits per heavy atom. The monoisotopic (exact) mass is 349 g/mol. The van der Waals surface area contributed by atoms with Gasteiger partial charge in [-0.3, -0.25) is 4.79 Å². The molecular weight excluding hydrogens is 334 g/mol. The molecule has 4 rings (SSSR count). The zero-order valence-corrected chi connectivity index (χ0v) is 13.9. The van der Waals surface area contributed by atoms with E-state index in [9.17, 15) is 4.79 Å². The van der Waals surface area contributed by atoms with Crippen LogP contribution in [0.5, 0.6) is 0 Å². The molecule has 26 heavy (non-hydrogen) atoms. The Kier molecular flexibility index (Phi) is 3.81. The Morgan fingerprint density at radius 3 is 3.00 bits per heavy atom. The highest BCUT2D eigenvalue weighted by Gasteiger charge is 2.19. The quantitative estimate of drug-likeness (QED) is 0.573. The fourth-order valence-electron chi connectivity index (χ4n) is 2.61. The van der Waals surface area contributed by atoms with E-state index in [1.54, 1.807) is 13.1 Å². The second kappa shape index (κ2) is 6.28. The summed E-state index contributed by atoms with van der Waals surface area (Å²) in [5.41, 5.74) is 8.54. The van der Waals surface area contributed by atoms with E-state index in [0.717, 1.165) is 11.3 Å². The summed E-state index contributed by atoms with van der Waals surface area (Å²) in [7, 11) is 0. The van der Waals surface area contributed by atoms with Crippen molar-refractivity contribution < 1.29 is 9.21 Å². The Morgan fingerprint density at radius 1 is 1.31 bits per heavy atom. The summed E-state index contributed by atoms with van der Waals surface area (Å²) >= 11 is 0. The summed E-state index contributed by atoms with van der Waals surface area (Å²) in [6.45, 7) is 2.00. The largest absolute Gasteiger partial charge is 0.443 e. The van der Waals surface area contributed by atoms with Crippen LogP contribution in [0.15, 0.2) is 47.5 Å². The van der Waals surface area contributed by atoms with Crippen molar-refractivity contribution in [1.29, 1.82) is 0 Å². The van der Waals surface area contributed by atoms with Gasteiger partial charge in [0.15, 0.2) is 11.5 Å². The van der Waals surface area contributed by atoms with Gasteiger partial charge in [-0.1, -0.05) is 6.07 Å². The van der Waals surface area contributed by atoms with Gasteiger partial charge in [-0.2, -0.15) is 0 Å². The predicted molar refractivity (Wildman–Crippen MR) is 93.0 cm³/mol. The summed E-state index contributed by atoms with van der Waals surface area (Å²) in [6, 6.07) is 5.69.